The summed E-state index contributed by atoms with van der Waals surface area (Å²) >= 11 is 1.94. The van der Waals surface area contributed by atoms with E-state index in [9.17, 15) is 0 Å². The first-order chi connectivity index (χ1) is 16.5. The van der Waals surface area contributed by atoms with Gasteiger partial charge in [-0.3, -0.25) is 10.8 Å². The highest BCUT2D eigenvalue weighted by atomic mass is 32.2. The van der Waals surface area contributed by atoms with Crippen molar-refractivity contribution in [3.63, 3.8) is 0 Å². The van der Waals surface area contributed by atoms with E-state index in [0.29, 0.717) is 16.5 Å². The van der Waals surface area contributed by atoms with Crippen molar-refractivity contribution in [2.24, 2.45) is 0 Å². The Hall–Kier alpha value is -3.23. The molecule has 0 unspecified atom stereocenters. The molecule has 1 aliphatic rings. The fraction of sp³-hybridized carbons (Fsp3) is 0.308. The molecule has 34 heavy (non-hydrogen) atoms. The van der Waals surface area contributed by atoms with Crippen molar-refractivity contribution < 1.29 is 4.74 Å². The molecule has 0 aliphatic heterocycles. The molecule has 1 heterocycles. The summed E-state index contributed by atoms with van der Waals surface area (Å²) in [4.78, 5) is 9.99. The summed E-state index contributed by atoms with van der Waals surface area (Å²) in [5, 5.41) is 20.6. The molecule has 1 fully saturated rings. The third-order valence-corrected chi connectivity index (χ3v) is 7.12. The number of nitrogen functional groups attached to an aromatic ring is 1. The number of hydrogen-bond acceptors (Lipinski definition) is 8. The van der Waals surface area contributed by atoms with Crippen LogP contribution in [0.2, 0.25) is 0 Å². The maximum absolute atomic E-state index is 8.34. The highest BCUT2D eigenvalue weighted by Crippen LogP contribution is 2.35. The van der Waals surface area contributed by atoms with E-state index in [4.69, 9.17) is 21.3 Å². The highest BCUT2D eigenvalue weighted by molar-refractivity contribution is 8.00. The molecule has 0 spiro atoms. The van der Waals surface area contributed by atoms with Crippen molar-refractivity contribution in [2.45, 2.75) is 49.3 Å². The summed E-state index contributed by atoms with van der Waals surface area (Å²) in [7, 11) is 0. The zero-order valence-corrected chi connectivity index (χ0v) is 20.1. The number of aromatic nitrogens is 2. The first kappa shape index (κ1) is 23.9. The van der Waals surface area contributed by atoms with Gasteiger partial charge in [0.15, 0.2) is 11.5 Å². The predicted molar refractivity (Wildman–Crippen MR) is 139 cm³/mol. The number of nitrogens with one attached hydrogen (secondary N) is 3. The topological polar surface area (TPSA) is 121 Å². The molecule has 8 heteroatoms. The minimum absolute atomic E-state index is 0.0935. The molecule has 1 aromatic heterocycles. The molecule has 1 aliphatic carbocycles. The zero-order valence-electron chi connectivity index (χ0n) is 19.3. The summed E-state index contributed by atoms with van der Waals surface area (Å²) in [6.45, 7) is 3.71. The quantitative estimate of drug-likeness (QED) is 0.262. The molecule has 7 nitrogen and oxygen atoms in total. The molecule has 0 bridgehead atoms. The smallest absolute Gasteiger partial charge is 0.243 e. The second-order valence-electron chi connectivity index (χ2n) is 8.28. The molecule has 4 rings (SSSR count). The van der Waals surface area contributed by atoms with Crippen LogP contribution in [0.4, 0.5) is 5.82 Å². The van der Waals surface area contributed by atoms with E-state index in [1.165, 1.54) is 30.6 Å². The standard InChI is InChI=1S/C26H30N6OS/c1-2-30-15-17-7-9-19(10-8-17)25(28)33-26(29)23-24(27)31-16-22(32-23)18-11-13-21(14-12-18)34-20-5-3-4-6-20/h7-14,16,20,28-30H,2-6,15H2,1H3,(H2,27,31). The van der Waals surface area contributed by atoms with Gasteiger partial charge in [-0.05, 0) is 49.2 Å². The fourth-order valence-corrected chi connectivity index (χ4v) is 5.11. The monoisotopic (exact) mass is 474 g/mol. The van der Waals surface area contributed by atoms with E-state index in [2.05, 4.69) is 34.3 Å². The van der Waals surface area contributed by atoms with Gasteiger partial charge in [0.2, 0.25) is 11.8 Å². The third kappa shape index (κ3) is 6.01. The fourth-order valence-electron chi connectivity index (χ4n) is 3.86. The second kappa shape index (κ2) is 11.3. The van der Waals surface area contributed by atoms with Crippen LogP contribution in [0.3, 0.4) is 0 Å². The van der Waals surface area contributed by atoms with Crippen LogP contribution >= 0.6 is 11.8 Å². The number of hydrogen-bond donors (Lipinski definition) is 4. The van der Waals surface area contributed by atoms with Gasteiger partial charge in [0.25, 0.3) is 0 Å². The summed E-state index contributed by atoms with van der Waals surface area (Å²) in [5.41, 5.74) is 9.30. The highest BCUT2D eigenvalue weighted by Gasteiger charge is 2.18. The molecule has 176 valence electrons. The SMILES string of the molecule is CCNCc1ccc(C(=N)OC(=N)c2nc(-c3ccc(SC4CCCC4)cc3)cnc2N)cc1. The van der Waals surface area contributed by atoms with Gasteiger partial charge in [-0.1, -0.05) is 44.0 Å². The summed E-state index contributed by atoms with van der Waals surface area (Å²) in [5.74, 6) is -0.349. The lowest BCUT2D eigenvalue weighted by atomic mass is 10.1. The van der Waals surface area contributed by atoms with Gasteiger partial charge in [0, 0.05) is 27.8 Å². The van der Waals surface area contributed by atoms with Gasteiger partial charge in [-0.25, -0.2) is 9.97 Å². The van der Waals surface area contributed by atoms with Gasteiger partial charge in [-0.2, -0.15) is 0 Å². The lowest BCUT2D eigenvalue weighted by Crippen LogP contribution is -2.17. The Balaban J connectivity index is 1.43. The van der Waals surface area contributed by atoms with Crippen molar-refractivity contribution in [2.75, 3.05) is 12.3 Å². The van der Waals surface area contributed by atoms with Crippen molar-refractivity contribution in [1.29, 1.82) is 10.8 Å². The molecule has 5 N–H and O–H groups in total. The average molecular weight is 475 g/mol. The van der Waals surface area contributed by atoms with Crippen LogP contribution in [-0.4, -0.2) is 33.6 Å². The average Bonchev–Trinajstić information content (AvgIpc) is 3.37. The molecule has 0 amide bonds. The predicted octanol–water partition coefficient (Wildman–Crippen LogP) is 5.24. The number of thioether (sulfide) groups is 1. The van der Waals surface area contributed by atoms with Crippen LogP contribution in [0.1, 0.15) is 49.4 Å². The van der Waals surface area contributed by atoms with Crippen LogP contribution in [0.15, 0.2) is 59.6 Å². The second-order valence-corrected chi connectivity index (χ2v) is 9.65. The molecule has 0 saturated heterocycles. The zero-order chi connectivity index (χ0) is 23.9. The Labute approximate surface area is 204 Å². The number of nitrogens with two attached hydrogens (primary N) is 1. The van der Waals surface area contributed by atoms with Crippen molar-refractivity contribution in [1.82, 2.24) is 15.3 Å². The van der Waals surface area contributed by atoms with Gasteiger partial charge < -0.3 is 15.8 Å². The van der Waals surface area contributed by atoms with Crippen molar-refractivity contribution >= 4 is 29.4 Å². The molecule has 0 radical (unpaired) electrons. The maximum atomic E-state index is 8.34. The van der Waals surface area contributed by atoms with Crippen LogP contribution in [0.25, 0.3) is 11.3 Å². The number of nitrogens with zero attached hydrogens (tertiary/aromatic N) is 2. The van der Waals surface area contributed by atoms with E-state index in [0.717, 1.165) is 24.2 Å². The number of benzene rings is 2. The van der Waals surface area contributed by atoms with E-state index in [-0.39, 0.29) is 23.3 Å². The molecular weight excluding hydrogens is 444 g/mol. The lowest BCUT2D eigenvalue weighted by molar-refractivity contribution is 0.536. The Morgan fingerprint density at radius 1 is 1.06 bits per heavy atom. The summed E-state index contributed by atoms with van der Waals surface area (Å²) < 4.78 is 5.47. The minimum atomic E-state index is -0.304. The first-order valence-corrected chi connectivity index (χ1v) is 12.5. The van der Waals surface area contributed by atoms with Crippen LogP contribution in [-0.2, 0) is 11.3 Å². The Bertz CT molecular complexity index is 1140. The normalized spacial score (nSPS) is 13.7. The van der Waals surface area contributed by atoms with E-state index < -0.39 is 0 Å². The number of ether oxygens (including phenoxy) is 1. The Morgan fingerprint density at radius 2 is 1.76 bits per heavy atom. The van der Waals surface area contributed by atoms with Crippen LogP contribution in [0.5, 0.6) is 0 Å². The van der Waals surface area contributed by atoms with Crippen molar-refractivity contribution in [3.05, 3.63) is 71.5 Å². The van der Waals surface area contributed by atoms with Crippen LogP contribution < -0.4 is 11.1 Å². The molecule has 1 saturated carbocycles. The van der Waals surface area contributed by atoms with Gasteiger partial charge in [0.1, 0.15) is 0 Å². The number of anilines is 1. The van der Waals surface area contributed by atoms with Gasteiger partial charge >= 0.3 is 0 Å². The maximum Gasteiger partial charge on any atom is 0.243 e. The van der Waals surface area contributed by atoms with E-state index in [1.54, 1.807) is 18.3 Å². The molecular formula is C26H30N6OS. The van der Waals surface area contributed by atoms with Gasteiger partial charge in [0.05, 0.1) is 11.9 Å². The largest absolute Gasteiger partial charge is 0.419 e. The lowest BCUT2D eigenvalue weighted by Gasteiger charge is -2.12. The van der Waals surface area contributed by atoms with E-state index >= 15 is 0 Å². The number of rotatable bonds is 8. The molecule has 2 aromatic carbocycles. The third-order valence-electron chi connectivity index (χ3n) is 5.77. The first-order valence-electron chi connectivity index (χ1n) is 11.6. The van der Waals surface area contributed by atoms with E-state index in [1.807, 2.05) is 36.0 Å². The summed E-state index contributed by atoms with van der Waals surface area (Å²) in [6, 6.07) is 15.7. The minimum Gasteiger partial charge on any atom is -0.419 e. The molecule has 0 atom stereocenters. The van der Waals surface area contributed by atoms with Crippen LogP contribution in [0, 0.1) is 10.8 Å². The molecule has 3 aromatic rings. The Kier molecular flexibility index (Phi) is 7.92. The summed E-state index contributed by atoms with van der Waals surface area (Å²) in [6.07, 6.45) is 6.83. The Morgan fingerprint density at radius 3 is 2.44 bits per heavy atom. The van der Waals surface area contributed by atoms with Crippen molar-refractivity contribution in [3.8, 4) is 11.3 Å². The van der Waals surface area contributed by atoms with Gasteiger partial charge in [-0.15, -0.1) is 11.8 Å².